The summed E-state index contributed by atoms with van der Waals surface area (Å²) in [4.78, 5) is 39.0. The van der Waals surface area contributed by atoms with E-state index in [-0.39, 0.29) is 966 Å². The molecule has 2 aliphatic rings. The standard InChI is InChI=1S/C34H14N8.4C2H6.Cu.29Y/c1-17-9-7-15-23-25(17)33-39-29-21-13-5-6-14-22(21)30(36-29)40-34-26-18(2)10-8-16-24(26)32(42-34)38-28-20-12-4-3-11-19(20)27(35-28)37-31(23)41-33;4*1-2;;;;;;;;;;;;;;;;;;;;;;;;;;;;;;/h3-10H,1-2H3;4*1-2H3;;;;;;;;;;;;;;;;;;;;;;;;;;;;;;/q-8;;;;;+2;;;;;;;;;;;;;;;;;;;;;;;;;;;;;. The molecule has 9 rings (SSSR count). The van der Waals surface area contributed by atoms with Crippen molar-refractivity contribution in [2.75, 3.05) is 0 Å². The van der Waals surface area contributed by atoms with E-state index >= 15 is 0 Å². The van der Waals surface area contributed by atoms with Gasteiger partial charge in [-0.2, -0.15) is 0 Å². The Morgan fingerprint density at radius 1 is 0.263 bits per heavy atom. The van der Waals surface area contributed by atoms with Gasteiger partial charge in [-0.1, -0.05) is 80.4 Å². The van der Waals surface area contributed by atoms with Gasteiger partial charge in [-0.3, -0.25) is 0 Å². The zero-order valence-electron chi connectivity index (χ0n) is 47.2. The van der Waals surface area contributed by atoms with E-state index in [1.165, 1.54) is 0 Å². The summed E-state index contributed by atoms with van der Waals surface area (Å²) in [6, 6.07) is 34.5. The summed E-state index contributed by atoms with van der Waals surface area (Å²) in [5.74, 6) is 1.85. The molecule has 0 aliphatic carbocycles. The van der Waals surface area contributed by atoms with Gasteiger partial charge in [-0.05, 0) is 11.6 Å². The molecule has 0 spiro atoms. The molecule has 0 fully saturated rings. The van der Waals surface area contributed by atoms with Crippen molar-refractivity contribution in [1.29, 1.82) is 0 Å². The van der Waals surface area contributed by atoms with Gasteiger partial charge < -0.3 is 39.9 Å². The maximum Gasteiger partial charge on any atom is 2.00 e. The van der Waals surface area contributed by atoms with Crippen molar-refractivity contribution in [1.82, 2.24) is 39.9 Å². The molecule has 0 amide bonds. The predicted octanol–water partition coefficient (Wildman–Crippen LogP) is 9.58. The maximum atomic E-state index is 4.94. The fourth-order valence-electron chi connectivity index (χ4n) is 5.53. The number of hydrogen-bond acceptors (Lipinski definition) is 6. The number of hydrogen-bond donors (Lipinski definition) is 0. The average Bonchev–Trinajstić information content (AvgIpc) is 3.91. The van der Waals surface area contributed by atoms with Crippen LogP contribution in [0, 0.1) is 50.2 Å². The van der Waals surface area contributed by atoms with E-state index in [1.54, 1.807) is 24.3 Å². The average molecular weight is 3300 g/mol. The molecule has 3 aromatic heterocycles. The SMILES string of the molecule is CC.CC.CC.CC.Cc1cc[c-]c2c1-c1nc-2nc2[n-]c(nc3nc(nc4[n-]c(n1)c1[c-]cc[c-]c41)-c1c-3[c-]ccc1C)c1[c-]cc[c-]c21.[Cu+2].[Y].[Y].[Y].[Y].[Y].[Y].[Y].[Y].[Y].[Y].[Y].[Y].[Y].[Y].[Y].[Y].[Y].[Y].[Y].[Y].[Y].[Y].[Y].[Y].[Y].[Y].[Y].[Y].[Y]. The van der Waals surface area contributed by atoms with Crippen LogP contribution in [-0.2, 0) is 966 Å². The van der Waals surface area contributed by atoms with Crippen LogP contribution in [0.1, 0.15) is 66.5 Å². The molecular formula is C42H38CuN8Y29-6. The first kappa shape index (κ1) is 183. The second-order valence-electron chi connectivity index (χ2n) is 10.0. The van der Waals surface area contributed by atoms with Crippen molar-refractivity contribution < 1.29 is 966 Å². The molecule has 38 heteroatoms. The molecule has 2 aliphatic heterocycles. The topological polar surface area (TPSA) is 106 Å². The van der Waals surface area contributed by atoms with Crippen LogP contribution in [0.4, 0.5) is 0 Å². The molecule has 0 unspecified atom stereocenters. The first-order valence-corrected chi connectivity index (χ1v) is 17.2. The molecule has 350 valence electrons. The van der Waals surface area contributed by atoms with Crippen molar-refractivity contribution in [2.24, 2.45) is 0 Å². The van der Waals surface area contributed by atoms with Crippen LogP contribution in [0.25, 0.3) is 89.7 Å². The van der Waals surface area contributed by atoms with E-state index in [9.17, 15) is 0 Å². The summed E-state index contributed by atoms with van der Waals surface area (Å²) in [7, 11) is 0. The Morgan fingerprint density at radius 3 is 0.650 bits per heavy atom. The van der Waals surface area contributed by atoms with Crippen molar-refractivity contribution in [2.45, 2.75) is 69.2 Å². The van der Waals surface area contributed by atoms with E-state index in [2.05, 4.69) is 36.4 Å². The smallest absolute Gasteiger partial charge is 0.476 e. The van der Waals surface area contributed by atoms with E-state index in [4.69, 9.17) is 39.9 Å². The van der Waals surface area contributed by atoms with Gasteiger partial charge in [0, 0.05) is 960 Å². The van der Waals surface area contributed by atoms with E-state index in [0.717, 1.165) is 33.4 Å². The summed E-state index contributed by atoms with van der Waals surface area (Å²) in [5, 5.41) is 2.74. The minimum absolute atomic E-state index is 0. The zero-order valence-corrected chi connectivity index (χ0v) is 130. The predicted molar refractivity (Wildman–Crippen MR) is 202 cm³/mol. The normalized spacial score (nSPS) is 6.62. The van der Waals surface area contributed by atoms with Crippen molar-refractivity contribution in [3.05, 3.63) is 96.1 Å². The molecule has 7 aromatic rings. The Balaban J connectivity index is -0.0000000308. The summed E-state index contributed by atoms with van der Waals surface area (Å²) in [5.41, 5.74) is 6.87. The number of aryl methyl sites for hydroxylation is 2. The molecule has 8 nitrogen and oxygen atoms in total. The van der Waals surface area contributed by atoms with Crippen molar-refractivity contribution in [3.8, 4) is 45.6 Å². The molecule has 8 bridgehead atoms. The third-order valence-electron chi connectivity index (χ3n) is 7.47. The van der Waals surface area contributed by atoms with Gasteiger partial charge >= 0.3 is 17.1 Å². The van der Waals surface area contributed by atoms with Crippen LogP contribution < -0.4 is 9.97 Å². The summed E-state index contributed by atoms with van der Waals surface area (Å²) >= 11 is 0. The minimum Gasteiger partial charge on any atom is -0.476 e. The number of benzene rings is 4. The maximum absolute atomic E-state index is 4.94. The molecular weight excluding hydrogens is 3260 g/mol. The monoisotopic (exact) mass is 3300 g/mol. The quantitative estimate of drug-likeness (QED) is 0.109. The molecule has 5 heterocycles. The van der Waals surface area contributed by atoms with Crippen LogP contribution in [0.5, 0.6) is 0 Å². The Hall–Kier alpha value is 26.8. The molecule has 30 radical (unpaired) electrons. The van der Waals surface area contributed by atoms with Gasteiger partial charge in [0.2, 0.25) is 0 Å². The van der Waals surface area contributed by atoms with Gasteiger partial charge in [0.1, 0.15) is 0 Å². The van der Waals surface area contributed by atoms with Crippen molar-refractivity contribution in [3.63, 3.8) is 0 Å². The Morgan fingerprint density at radius 2 is 0.450 bits per heavy atom. The van der Waals surface area contributed by atoms with Crippen molar-refractivity contribution >= 4 is 44.1 Å². The van der Waals surface area contributed by atoms with Crippen LogP contribution in [0.3, 0.4) is 0 Å². The van der Waals surface area contributed by atoms with E-state index in [0.29, 0.717) is 67.4 Å². The zero-order chi connectivity index (χ0) is 35.9. The minimum atomic E-state index is 0. The first-order chi connectivity index (χ1) is 24.6. The molecule has 0 atom stereocenters. The summed E-state index contributed by atoms with van der Waals surface area (Å²) in [6.45, 7) is 20.0. The number of fused-ring (bicyclic) bond motifs is 20. The van der Waals surface area contributed by atoms with Crippen LogP contribution in [0.2, 0.25) is 0 Å². The second kappa shape index (κ2) is 110. The molecule has 4 aromatic carbocycles. The van der Waals surface area contributed by atoms with Crippen LogP contribution in [0.15, 0.2) is 48.5 Å². The Kier molecular flexibility index (Phi) is 252. The Bertz CT molecular complexity index is 2370. The number of nitrogens with zero attached hydrogens (tertiary/aromatic N) is 8. The second-order valence-corrected chi connectivity index (χ2v) is 10.0. The van der Waals surface area contributed by atoms with Gasteiger partial charge in [0.05, 0.1) is 0 Å². The van der Waals surface area contributed by atoms with E-state index < -0.39 is 0 Å². The molecule has 0 saturated heterocycles. The van der Waals surface area contributed by atoms with Crippen LogP contribution in [-0.4, -0.2) is 29.9 Å². The summed E-state index contributed by atoms with van der Waals surface area (Å²) in [6.07, 6.45) is 0. The third-order valence-corrected chi connectivity index (χ3v) is 7.47. The Labute approximate surface area is 1220 Å². The molecule has 0 saturated carbocycles. The van der Waals surface area contributed by atoms with Gasteiger partial charge in [0.25, 0.3) is 0 Å². The third kappa shape index (κ3) is 56.9. The fourth-order valence-corrected chi connectivity index (χ4v) is 5.53. The number of rotatable bonds is 0. The van der Waals surface area contributed by atoms with Gasteiger partial charge in [-0.15, -0.1) is 81.2 Å². The fraction of sp³-hybridized carbons (Fsp3) is 0.238. The molecule has 80 heavy (non-hydrogen) atoms. The van der Waals surface area contributed by atoms with Gasteiger partial charge in [0.15, 0.2) is 0 Å². The summed E-state index contributed by atoms with van der Waals surface area (Å²) < 4.78 is 0. The molecule has 0 N–H and O–H groups in total. The van der Waals surface area contributed by atoms with E-state index in [1.807, 2.05) is 93.5 Å². The number of aromatic nitrogens is 8. The first-order valence-electron chi connectivity index (χ1n) is 17.2. The van der Waals surface area contributed by atoms with Crippen LogP contribution >= 0.6 is 0 Å². The largest absolute Gasteiger partial charge is 2.00 e. The van der Waals surface area contributed by atoms with Gasteiger partial charge in [-0.25, -0.2) is 70.1 Å².